The number of ketones is 2. The van der Waals surface area contributed by atoms with Gasteiger partial charge in [0.2, 0.25) is 0 Å². The molecule has 4 N–H and O–H groups in total. The number of Topliss-reactive ketones (excluding diaryl/α,β-unsaturated/α-hetero) is 2. The second-order valence-electron chi connectivity index (χ2n) is 5.34. The van der Waals surface area contributed by atoms with Crippen molar-refractivity contribution in [3.8, 4) is 0 Å². The van der Waals surface area contributed by atoms with Crippen LogP contribution in [-0.4, -0.2) is 34.6 Å². The van der Waals surface area contributed by atoms with Gasteiger partial charge in [-0.3, -0.25) is 9.59 Å². The Labute approximate surface area is 147 Å². The molecule has 0 unspecified atom stereocenters. The monoisotopic (exact) mass is 376 g/mol. The van der Waals surface area contributed by atoms with Crippen LogP contribution in [0, 0.1) is 0 Å². The van der Waals surface area contributed by atoms with Crippen LogP contribution in [0.3, 0.4) is 0 Å². The molecule has 130 valence electrons. The van der Waals surface area contributed by atoms with E-state index in [1.54, 1.807) is 0 Å². The average molecular weight is 377 g/mol. The van der Waals surface area contributed by atoms with Crippen LogP contribution in [0.4, 0.5) is 0 Å². The van der Waals surface area contributed by atoms with Gasteiger partial charge < -0.3 is 20.0 Å². The molecule has 0 aliphatic rings. The van der Waals surface area contributed by atoms with E-state index in [9.17, 15) is 19.2 Å². The fraction of sp³-hybridized carbons (Fsp3) is 0.286. The minimum Gasteiger partial charge on any atom is -0.345 e. The summed E-state index contributed by atoms with van der Waals surface area (Å²) in [5.41, 5.74) is 6.50. The maximum Gasteiger partial charge on any atom is 0.352 e. The maximum absolute atomic E-state index is 12.5. The Kier molecular flexibility index (Phi) is 6.07. The van der Waals surface area contributed by atoms with E-state index in [0.29, 0.717) is 0 Å². The molecule has 0 amide bonds. The quantitative estimate of drug-likeness (QED) is 0.550. The molecule has 24 heavy (non-hydrogen) atoms. The van der Waals surface area contributed by atoms with Crippen LogP contribution >= 0.6 is 23.7 Å². The molecule has 0 aromatic heterocycles. The standard InChI is InChI=1S/C14H14Cl2N2O6/c1-13(17,11(21)23-15)9(19)7-5-3-4-6-8(7)10(20)14(2,18)12(22)24-16/h3-6H,17-18H2,1-2H3/t13-,14-/m0/s1. The fourth-order valence-electron chi connectivity index (χ4n) is 1.78. The summed E-state index contributed by atoms with van der Waals surface area (Å²) in [7, 11) is 0. The van der Waals surface area contributed by atoms with Crippen molar-refractivity contribution in [1.29, 1.82) is 0 Å². The van der Waals surface area contributed by atoms with Gasteiger partial charge in [0, 0.05) is 11.1 Å². The smallest absolute Gasteiger partial charge is 0.345 e. The van der Waals surface area contributed by atoms with Crippen molar-refractivity contribution < 1.29 is 27.8 Å². The number of benzene rings is 1. The van der Waals surface area contributed by atoms with Crippen molar-refractivity contribution in [2.75, 3.05) is 0 Å². The van der Waals surface area contributed by atoms with Crippen molar-refractivity contribution in [3.05, 3.63) is 35.4 Å². The van der Waals surface area contributed by atoms with Crippen molar-refractivity contribution in [2.24, 2.45) is 11.5 Å². The van der Waals surface area contributed by atoms with Gasteiger partial charge in [0.25, 0.3) is 0 Å². The third-order valence-electron chi connectivity index (χ3n) is 3.35. The SMILES string of the molecule is C[C@@](N)(C(=O)OCl)C(=O)c1ccccc1C(=O)[C@](C)(N)C(=O)OCl. The highest BCUT2D eigenvalue weighted by atomic mass is 35.5. The Hall–Kier alpha value is -2.00. The highest BCUT2D eigenvalue weighted by Crippen LogP contribution is 2.22. The Morgan fingerprint density at radius 3 is 1.38 bits per heavy atom. The van der Waals surface area contributed by atoms with E-state index in [0.717, 1.165) is 13.8 Å². The van der Waals surface area contributed by atoms with E-state index in [-0.39, 0.29) is 11.1 Å². The van der Waals surface area contributed by atoms with Gasteiger partial charge in [-0.15, -0.1) is 0 Å². The molecule has 1 rings (SSSR count). The Morgan fingerprint density at radius 2 is 1.12 bits per heavy atom. The molecule has 0 saturated carbocycles. The lowest BCUT2D eigenvalue weighted by atomic mass is 9.84. The third kappa shape index (κ3) is 3.57. The number of carbonyl (C=O) groups excluding carboxylic acids is 4. The highest BCUT2D eigenvalue weighted by Gasteiger charge is 2.44. The molecule has 8 nitrogen and oxygen atoms in total. The average Bonchev–Trinajstić information content (AvgIpc) is 2.58. The zero-order valence-electron chi connectivity index (χ0n) is 12.7. The van der Waals surface area contributed by atoms with Crippen molar-refractivity contribution >= 4 is 47.2 Å². The van der Waals surface area contributed by atoms with Crippen molar-refractivity contribution in [3.63, 3.8) is 0 Å². The zero-order valence-corrected chi connectivity index (χ0v) is 14.2. The van der Waals surface area contributed by atoms with E-state index in [4.69, 9.17) is 35.2 Å². The molecule has 0 fully saturated rings. The van der Waals surface area contributed by atoms with E-state index in [1.807, 2.05) is 0 Å². The summed E-state index contributed by atoms with van der Waals surface area (Å²) in [5, 5.41) is 0. The van der Waals surface area contributed by atoms with E-state index in [1.165, 1.54) is 24.3 Å². The second-order valence-corrected chi connectivity index (χ2v) is 5.65. The van der Waals surface area contributed by atoms with Crippen LogP contribution in [-0.2, 0) is 18.2 Å². The summed E-state index contributed by atoms with van der Waals surface area (Å²) < 4.78 is 7.93. The number of hydrogen-bond acceptors (Lipinski definition) is 8. The fourth-order valence-corrected chi connectivity index (χ4v) is 2.10. The van der Waals surface area contributed by atoms with Gasteiger partial charge in [0.15, 0.2) is 22.6 Å². The number of hydrogen-bond donors (Lipinski definition) is 2. The van der Waals surface area contributed by atoms with Gasteiger partial charge >= 0.3 is 11.9 Å². The van der Waals surface area contributed by atoms with E-state index in [2.05, 4.69) is 8.58 Å². The third-order valence-corrected chi connectivity index (χ3v) is 3.63. The Bertz CT molecular complexity index is 643. The van der Waals surface area contributed by atoms with Gasteiger partial charge in [0.1, 0.15) is 23.7 Å². The molecular weight excluding hydrogens is 363 g/mol. The van der Waals surface area contributed by atoms with E-state index >= 15 is 0 Å². The summed E-state index contributed by atoms with van der Waals surface area (Å²) in [6.07, 6.45) is 0. The first kappa shape index (κ1) is 20.0. The summed E-state index contributed by atoms with van der Waals surface area (Å²) in [5.74, 6) is -4.33. The summed E-state index contributed by atoms with van der Waals surface area (Å²) in [6.45, 7) is 2.13. The van der Waals surface area contributed by atoms with Gasteiger partial charge in [-0.25, -0.2) is 9.59 Å². The lowest BCUT2D eigenvalue weighted by molar-refractivity contribution is -0.138. The summed E-state index contributed by atoms with van der Waals surface area (Å²) in [4.78, 5) is 48.2. The van der Waals surface area contributed by atoms with Crippen LogP contribution in [0.5, 0.6) is 0 Å². The number of carbonyl (C=O) groups is 4. The van der Waals surface area contributed by atoms with Crippen LogP contribution in [0.25, 0.3) is 0 Å². The molecule has 1 aromatic rings. The molecule has 0 heterocycles. The maximum atomic E-state index is 12.5. The summed E-state index contributed by atoms with van der Waals surface area (Å²) in [6, 6.07) is 5.34. The van der Waals surface area contributed by atoms with Crippen LogP contribution in [0.15, 0.2) is 24.3 Å². The molecule has 10 heteroatoms. The van der Waals surface area contributed by atoms with Gasteiger partial charge in [-0.05, 0) is 13.8 Å². The summed E-state index contributed by atoms with van der Waals surface area (Å²) >= 11 is 9.92. The number of nitrogens with two attached hydrogens (primary N) is 2. The first-order chi connectivity index (χ1) is 11.0. The predicted molar refractivity (Wildman–Crippen MR) is 84.2 cm³/mol. The number of halogens is 2. The topological polar surface area (TPSA) is 139 Å². The minimum absolute atomic E-state index is 0.242. The predicted octanol–water partition coefficient (Wildman–Crippen LogP) is 0.881. The molecule has 0 spiro atoms. The van der Waals surface area contributed by atoms with Crippen LogP contribution < -0.4 is 11.5 Å². The second kappa shape index (κ2) is 7.27. The number of rotatable bonds is 6. The molecule has 1 aromatic carbocycles. The highest BCUT2D eigenvalue weighted by molar-refractivity contribution is 6.27. The molecule has 0 bridgehead atoms. The van der Waals surface area contributed by atoms with Gasteiger partial charge in [-0.1, -0.05) is 24.3 Å². The van der Waals surface area contributed by atoms with Crippen molar-refractivity contribution in [2.45, 2.75) is 24.9 Å². The van der Waals surface area contributed by atoms with Gasteiger partial charge in [0.05, 0.1) is 0 Å². The van der Waals surface area contributed by atoms with Gasteiger partial charge in [-0.2, -0.15) is 0 Å². The largest absolute Gasteiger partial charge is 0.352 e. The first-order valence-electron chi connectivity index (χ1n) is 6.44. The lowest BCUT2D eigenvalue weighted by Gasteiger charge is -2.23. The molecular formula is C14H14Cl2N2O6. The van der Waals surface area contributed by atoms with Crippen molar-refractivity contribution in [1.82, 2.24) is 0 Å². The zero-order chi connectivity index (χ0) is 18.7. The first-order valence-corrected chi connectivity index (χ1v) is 7.06. The van der Waals surface area contributed by atoms with Crippen LogP contribution in [0.1, 0.15) is 34.6 Å². The molecule has 0 aliphatic carbocycles. The Morgan fingerprint density at radius 1 is 0.833 bits per heavy atom. The molecule has 0 radical (unpaired) electrons. The van der Waals surface area contributed by atoms with E-state index < -0.39 is 34.6 Å². The molecule has 0 aliphatic heterocycles. The van der Waals surface area contributed by atoms with Crippen LogP contribution in [0.2, 0.25) is 0 Å². The molecule has 2 atom stereocenters. The Balaban J connectivity index is 3.42. The minimum atomic E-state index is -2.16. The molecule has 0 saturated heterocycles. The normalized spacial score (nSPS) is 15.6. The lowest BCUT2D eigenvalue weighted by Crippen LogP contribution is -2.55.